The Morgan fingerprint density at radius 1 is 0.556 bits per heavy atom. The predicted molar refractivity (Wildman–Crippen MR) is 157 cm³/mol. The van der Waals surface area contributed by atoms with Gasteiger partial charge in [-0.15, -0.1) is 0 Å². The molecule has 0 atom stereocenters. The molecule has 0 amide bonds. The van der Waals surface area contributed by atoms with Crippen LogP contribution in [0, 0.1) is 35.5 Å². The molecule has 3 rings (SSSR count). The maximum Gasteiger partial charge on any atom is 0.0249 e. The van der Waals surface area contributed by atoms with E-state index in [1.807, 2.05) is 0 Å². The van der Waals surface area contributed by atoms with Crippen LogP contribution in [-0.2, 0) is 6.42 Å². The SMILES string of the molecule is CCCCCC#Cc1ccc(C#Cc2ccc(CCC3CCC(CCCCCCC)CC3)cc2)cc1. The quantitative estimate of drug-likeness (QED) is 0.209. The van der Waals surface area contributed by atoms with Crippen molar-refractivity contribution in [1.82, 2.24) is 0 Å². The summed E-state index contributed by atoms with van der Waals surface area (Å²) >= 11 is 0. The molecule has 0 radical (unpaired) electrons. The Morgan fingerprint density at radius 2 is 1.06 bits per heavy atom. The van der Waals surface area contributed by atoms with Gasteiger partial charge in [0.05, 0.1) is 0 Å². The molecular weight excluding hydrogens is 432 g/mol. The highest BCUT2D eigenvalue weighted by Gasteiger charge is 2.20. The molecule has 0 spiro atoms. The normalized spacial score (nSPS) is 17.1. The fourth-order valence-corrected chi connectivity index (χ4v) is 5.38. The maximum atomic E-state index is 3.33. The van der Waals surface area contributed by atoms with Crippen LogP contribution in [0.4, 0.5) is 0 Å². The molecule has 2 aromatic rings. The van der Waals surface area contributed by atoms with Crippen LogP contribution < -0.4 is 0 Å². The van der Waals surface area contributed by atoms with Gasteiger partial charge >= 0.3 is 0 Å². The van der Waals surface area contributed by atoms with Crippen molar-refractivity contribution in [2.45, 2.75) is 117 Å². The van der Waals surface area contributed by atoms with E-state index in [9.17, 15) is 0 Å². The van der Waals surface area contributed by atoms with Gasteiger partial charge in [-0.05, 0) is 73.1 Å². The Morgan fingerprint density at radius 3 is 1.67 bits per heavy atom. The third-order valence-electron chi connectivity index (χ3n) is 7.85. The first-order chi connectivity index (χ1) is 17.8. The number of rotatable bonds is 12. The van der Waals surface area contributed by atoms with Crippen molar-refractivity contribution in [2.75, 3.05) is 0 Å². The molecule has 0 aliphatic heterocycles. The molecular formula is C36H48. The summed E-state index contributed by atoms with van der Waals surface area (Å²) in [7, 11) is 0. The van der Waals surface area contributed by atoms with Gasteiger partial charge in [-0.1, -0.05) is 127 Å². The topological polar surface area (TPSA) is 0 Å². The molecule has 0 heterocycles. The van der Waals surface area contributed by atoms with E-state index in [1.165, 1.54) is 102 Å². The molecule has 2 aromatic carbocycles. The molecule has 1 aliphatic rings. The summed E-state index contributed by atoms with van der Waals surface area (Å²) < 4.78 is 0. The van der Waals surface area contributed by atoms with Crippen LogP contribution in [0.2, 0.25) is 0 Å². The van der Waals surface area contributed by atoms with Crippen LogP contribution >= 0.6 is 0 Å². The van der Waals surface area contributed by atoms with Crippen molar-refractivity contribution in [3.05, 3.63) is 70.8 Å². The lowest BCUT2D eigenvalue weighted by Crippen LogP contribution is -2.15. The first-order valence-corrected chi connectivity index (χ1v) is 15.0. The molecule has 0 N–H and O–H groups in total. The summed E-state index contributed by atoms with van der Waals surface area (Å²) in [5.41, 5.74) is 4.68. The molecule has 36 heavy (non-hydrogen) atoms. The summed E-state index contributed by atoms with van der Waals surface area (Å²) in [5, 5.41) is 0. The van der Waals surface area contributed by atoms with Crippen molar-refractivity contribution in [1.29, 1.82) is 0 Å². The smallest absolute Gasteiger partial charge is 0.0249 e. The highest BCUT2D eigenvalue weighted by molar-refractivity contribution is 5.46. The zero-order valence-electron chi connectivity index (χ0n) is 23.1. The summed E-state index contributed by atoms with van der Waals surface area (Å²) in [6.45, 7) is 4.53. The van der Waals surface area contributed by atoms with Crippen molar-refractivity contribution >= 4 is 0 Å². The Balaban J connectivity index is 1.36. The highest BCUT2D eigenvalue weighted by Crippen LogP contribution is 2.34. The van der Waals surface area contributed by atoms with Gasteiger partial charge in [0.15, 0.2) is 0 Å². The van der Waals surface area contributed by atoms with Crippen LogP contribution in [0.25, 0.3) is 0 Å². The van der Waals surface area contributed by atoms with Gasteiger partial charge < -0.3 is 0 Å². The minimum atomic E-state index is 0.935. The van der Waals surface area contributed by atoms with Gasteiger partial charge in [-0.3, -0.25) is 0 Å². The van der Waals surface area contributed by atoms with Crippen LogP contribution in [-0.4, -0.2) is 0 Å². The molecule has 0 unspecified atom stereocenters. The second-order valence-corrected chi connectivity index (χ2v) is 10.9. The lowest BCUT2D eigenvalue weighted by atomic mass is 9.77. The highest BCUT2D eigenvalue weighted by atomic mass is 14.3. The zero-order valence-corrected chi connectivity index (χ0v) is 23.1. The largest absolute Gasteiger partial charge is 0.0979 e. The molecule has 0 heteroatoms. The van der Waals surface area contributed by atoms with E-state index < -0.39 is 0 Å². The average molecular weight is 481 g/mol. The molecule has 0 saturated heterocycles. The lowest BCUT2D eigenvalue weighted by Gasteiger charge is -2.28. The number of hydrogen-bond acceptors (Lipinski definition) is 0. The molecule has 0 nitrogen and oxygen atoms in total. The van der Waals surface area contributed by atoms with E-state index in [4.69, 9.17) is 0 Å². The molecule has 0 bridgehead atoms. The van der Waals surface area contributed by atoms with Crippen LogP contribution in [0.15, 0.2) is 48.5 Å². The van der Waals surface area contributed by atoms with Crippen LogP contribution in [0.3, 0.4) is 0 Å². The standard InChI is InChI=1S/C36H48/c1-3-5-7-9-11-13-31-15-19-33(20-16-31)23-25-35-27-29-36(30-28-35)26-24-34-21-17-32(18-22-34)14-12-10-8-6-4-2/h17-18,21-22,27-31,33H,3-11,13,15-16,19-20,23,25H2,1-2H3. The first kappa shape index (κ1) is 28.1. The van der Waals surface area contributed by atoms with Crippen LogP contribution in [0.5, 0.6) is 0 Å². The monoisotopic (exact) mass is 480 g/mol. The molecule has 1 aliphatic carbocycles. The van der Waals surface area contributed by atoms with E-state index in [0.29, 0.717) is 0 Å². The molecule has 1 fully saturated rings. The van der Waals surface area contributed by atoms with Crippen molar-refractivity contribution in [3.63, 3.8) is 0 Å². The van der Waals surface area contributed by atoms with Gasteiger partial charge in [0.1, 0.15) is 0 Å². The van der Waals surface area contributed by atoms with E-state index in [0.717, 1.165) is 34.9 Å². The van der Waals surface area contributed by atoms with Gasteiger partial charge in [0.2, 0.25) is 0 Å². The van der Waals surface area contributed by atoms with Crippen molar-refractivity contribution in [2.24, 2.45) is 11.8 Å². The third-order valence-corrected chi connectivity index (χ3v) is 7.85. The molecule has 0 aromatic heterocycles. The second-order valence-electron chi connectivity index (χ2n) is 10.9. The maximum absolute atomic E-state index is 3.33. The van der Waals surface area contributed by atoms with Gasteiger partial charge in [0, 0.05) is 23.1 Å². The summed E-state index contributed by atoms with van der Waals surface area (Å²) in [6, 6.07) is 17.3. The van der Waals surface area contributed by atoms with Crippen molar-refractivity contribution < 1.29 is 0 Å². The number of hydrogen-bond donors (Lipinski definition) is 0. The van der Waals surface area contributed by atoms with E-state index >= 15 is 0 Å². The third kappa shape index (κ3) is 11.1. The Hall–Kier alpha value is -2.44. The van der Waals surface area contributed by atoms with E-state index in [2.05, 4.69) is 86.1 Å². The van der Waals surface area contributed by atoms with Gasteiger partial charge in [0.25, 0.3) is 0 Å². The summed E-state index contributed by atoms with van der Waals surface area (Å²) in [5.74, 6) is 15.1. The summed E-state index contributed by atoms with van der Waals surface area (Å²) in [4.78, 5) is 0. The fraction of sp³-hybridized carbons (Fsp3) is 0.556. The minimum Gasteiger partial charge on any atom is -0.0979 e. The van der Waals surface area contributed by atoms with Gasteiger partial charge in [-0.2, -0.15) is 0 Å². The van der Waals surface area contributed by atoms with Crippen molar-refractivity contribution in [3.8, 4) is 23.7 Å². The molecule has 1 saturated carbocycles. The Bertz CT molecular complexity index is 963. The van der Waals surface area contributed by atoms with E-state index in [1.54, 1.807) is 0 Å². The lowest BCUT2D eigenvalue weighted by molar-refractivity contribution is 0.248. The Labute approximate surface area is 222 Å². The zero-order chi connectivity index (χ0) is 25.3. The number of aryl methyl sites for hydroxylation is 1. The predicted octanol–water partition coefficient (Wildman–Crippen LogP) is 10.1. The van der Waals surface area contributed by atoms with Gasteiger partial charge in [-0.25, -0.2) is 0 Å². The fourth-order valence-electron chi connectivity index (χ4n) is 5.38. The summed E-state index contributed by atoms with van der Waals surface area (Å²) in [6.07, 6.45) is 21.7. The van der Waals surface area contributed by atoms with E-state index in [-0.39, 0.29) is 0 Å². The number of unbranched alkanes of at least 4 members (excludes halogenated alkanes) is 7. The molecule has 192 valence electrons. The Kier molecular flexibility index (Phi) is 13.4. The van der Waals surface area contributed by atoms with Crippen LogP contribution in [0.1, 0.15) is 132 Å². The first-order valence-electron chi connectivity index (χ1n) is 15.0. The second kappa shape index (κ2) is 17.1. The average Bonchev–Trinajstić information content (AvgIpc) is 2.92. The number of benzene rings is 2. The minimum absolute atomic E-state index is 0.935.